The molecule has 1 amide bonds. The third kappa shape index (κ3) is 4.16. The van der Waals surface area contributed by atoms with Crippen LogP contribution in [0, 0.1) is 0 Å². The molecule has 0 spiro atoms. The highest BCUT2D eigenvalue weighted by Crippen LogP contribution is 2.35. The molecule has 0 radical (unpaired) electrons. The largest absolute Gasteiger partial charge is 0.491 e. The summed E-state index contributed by atoms with van der Waals surface area (Å²) in [5, 5.41) is 0. The average Bonchev–Trinajstić information content (AvgIpc) is 3.38. The lowest BCUT2D eigenvalue weighted by Crippen LogP contribution is -2.26. The van der Waals surface area contributed by atoms with Crippen LogP contribution in [0.5, 0.6) is 5.75 Å². The van der Waals surface area contributed by atoms with Crippen molar-refractivity contribution < 1.29 is 13.9 Å². The lowest BCUT2D eigenvalue weighted by molar-refractivity contribution is -0.119. The molecular weight excluding hydrogens is 448 g/mol. The first-order valence-corrected chi connectivity index (χ1v) is 11.4. The van der Waals surface area contributed by atoms with Crippen molar-refractivity contribution in [3.63, 3.8) is 0 Å². The molecule has 0 unspecified atom stereocenters. The average molecular weight is 475 g/mol. The van der Waals surface area contributed by atoms with Crippen LogP contribution in [0.3, 0.4) is 0 Å². The zero-order chi connectivity index (χ0) is 24.5. The molecule has 0 aliphatic carbocycles. The van der Waals surface area contributed by atoms with E-state index in [1.807, 2.05) is 25.1 Å². The molecule has 0 saturated heterocycles. The molecule has 6 N–H and O–H groups in total. The van der Waals surface area contributed by atoms with E-state index in [9.17, 15) is 4.79 Å². The van der Waals surface area contributed by atoms with Gasteiger partial charge in [-0.15, -0.1) is 0 Å². The molecule has 11 nitrogen and oxygen atoms in total. The molecule has 180 valence electrons. The Morgan fingerprint density at radius 3 is 2.89 bits per heavy atom. The van der Waals surface area contributed by atoms with Crippen molar-refractivity contribution >= 4 is 46.0 Å². The fourth-order valence-electron chi connectivity index (χ4n) is 4.20. The zero-order valence-corrected chi connectivity index (χ0v) is 19.3. The number of aryl methyl sites for hydroxylation is 1. The number of pyridine rings is 1. The molecule has 0 bridgehead atoms. The minimum absolute atomic E-state index is 0.0669. The number of imidazole rings is 1. The number of primary amides is 1. The van der Waals surface area contributed by atoms with Crippen molar-refractivity contribution in [1.29, 1.82) is 0 Å². The Hall–Kier alpha value is -4.41. The van der Waals surface area contributed by atoms with Gasteiger partial charge in [0.25, 0.3) is 6.01 Å². The highest BCUT2D eigenvalue weighted by atomic mass is 16.5. The number of oxazole rings is 1. The van der Waals surface area contributed by atoms with E-state index in [2.05, 4.69) is 19.5 Å². The Morgan fingerprint density at radius 1 is 1.26 bits per heavy atom. The summed E-state index contributed by atoms with van der Waals surface area (Å²) in [6.45, 7) is 3.21. The first-order valence-electron chi connectivity index (χ1n) is 11.4. The van der Waals surface area contributed by atoms with E-state index in [1.165, 1.54) is 6.20 Å². The Balaban J connectivity index is 1.64. The molecule has 0 saturated carbocycles. The molecule has 1 aromatic carbocycles. The predicted octanol–water partition coefficient (Wildman–Crippen LogP) is 2.63. The fraction of sp³-hybridized carbons (Fsp3) is 0.292. The summed E-state index contributed by atoms with van der Waals surface area (Å²) in [4.78, 5) is 29.6. The zero-order valence-electron chi connectivity index (χ0n) is 19.3. The number of allylic oxidation sites excluding steroid dienone is 1. The van der Waals surface area contributed by atoms with Crippen molar-refractivity contribution in [2.75, 3.05) is 12.3 Å². The number of benzene rings is 1. The van der Waals surface area contributed by atoms with E-state index in [4.69, 9.17) is 31.3 Å². The summed E-state index contributed by atoms with van der Waals surface area (Å²) < 4.78 is 13.6. The summed E-state index contributed by atoms with van der Waals surface area (Å²) in [6, 6.07) is 6.91. The van der Waals surface area contributed by atoms with Crippen molar-refractivity contribution in [3.8, 4) is 17.3 Å². The molecule has 1 aliphatic heterocycles. The maximum absolute atomic E-state index is 11.6. The number of hydrogen-bond acceptors (Lipinski definition) is 9. The maximum atomic E-state index is 11.6. The number of aromatic nitrogens is 4. The van der Waals surface area contributed by atoms with E-state index in [1.54, 1.807) is 12.3 Å². The van der Waals surface area contributed by atoms with Gasteiger partial charge in [-0.1, -0.05) is 6.92 Å². The summed E-state index contributed by atoms with van der Waals surface area (Å²) in [6.07, 6.45) is 5.34. The summed E-state index contributed by atoms with van der Waals surface area (Å²) >= 11 is 0. The van der Waals surface area contributed by atoms with Crippen LogP contribution in [0.25, 0.3) is 39.4 Å². The molecule has 1 aliphatic rings. The monoisotopic (exact) mass is 474 g/mol. The molecule has 3 aromatic heterocycles. The molecule has 5 rings (SSSR count). The van der Waals surface area contributed by atoms with Gasteiger partial charge in [-0.05, 0) is 49.1 Å². The number of amides is 1. The normalized spacial score (nSPS) is 15.3. The van der Waals surface area contributed by atoms with E-state index in [0.29, 0.717) is 47.1 Å². The number of aliphatic imine (C=N–C) groups is 1. The summed E-state index contributed by atoms with van der Waals surface area (Å²) in [7, 11) is 0. The highest BCUT2D eigenvalue weighted by molar-refractivity contribution is 6.11. The number of carbonyl (C=O) groups excluding carboxylic acids is 1. The molecular formula is C24H26N8O3. The third-order valence-electron chi connectivity index (χ3n) is 5.96. The molecule has 4 aromatic rings. The van der Waals surface area contributed by atoms with Gasteiger partial charge in [0.2, 0.25) is 11.6 Å². The fourth-order valence-corrected chi connectivity index (χ4v) is 4.20. The summed E-state index contributed by atoms with van der Waals surface area (Å²) in [5.74, 6) is 0.903. The van der Waals surface area contributed by atoms with Gasteiger partial charge >= 0.3 is 0 Å². The Bertz CT molecular complexity index is 1480. The maximum Gasteiger partial charge on any atom is 0.294 e. The molecule has 35 heavy (non-hydrogen) atoms. The number of hydrogen-bond donors (Lipinski definition) is 3. The Morgan fingerprint density at radius 2 is 2.11 bits per heavy atom. The third-order valence-corrected chi connectivity index (χ3v) is 5.96. The van der Waals surface area contributed by atoms with Gasteiger partial charge < -0.3 is 30.9 Å². The standard InChI is InChI=1S/C24H26N8O3/c1-2-15(21(26)33)28-12-14(11-25)13-9-17-20-19(10-13)34-8-4-3-7-32(20)23(30-17)16-5-6-18-22(29-16)31-24(27)35-18/h5-6,9-12,15H,2-4,7-8,25H2,1H3,(H2,26,33)(H2,27,29,31)/t15-/m1/s1. The minimum atomic E-state index is -0.618. The molecule has 1 atom stereocenters. The first-order chi connectivity index (χ1) is 17.0. The number of nitrogen functional groups attached to an aromatic ring is 1. The van der Waals surface area contributed by atoms with Crippen molar-refractivity contribution in [2.45, 2.75) is 38.8 Å². The topological polar surface area (TPSA) is 173 Å². The smallest absolute Gasteiger partial charge is 0.294 e. The number of nitrogens with zero attached hydrogens (tertiary/aromatic N) is 5. The second-order valence-corrected chi connectivity index (χ2v) is 8.28. The van der Waals surface area contributed by atoms with Crippen LogP contribution in [0.15, 0.2) is 39.9 Å². The van der Waals surface area contributed by atoms with Gasteiger partial charge in [-0.2, -0.15) is 4.98 Å². The van der Waals surface area contributed by atoms with Crippen LogP contribution in [0.1, 0.15) is 31.7 Å². The van der Waals surface area contributed by atoms with Crippen molar-refractivity contribution in [2.24, 2.45) is 16.5 Å². The van der Waals surface area contributed by atoms with Gasteiger partial charge in [-0.3, -0.25) is 9.79 Å². The summed E-state index contributed by atoms with van der Waals surface area (Å²) in [5.41, 5.74) is 21.6. The number of nitrogens with two attached hydrogens (primary N) is 3. The number of carbonyl (C=O) groups is 1. The minimum Gasteiger partial charge on any atom is -0.491 e. The van der Waals surface area contributed by atoms with E-state index < -0.39 is 11.9 Å². The van der Waals surface area contributed by atoms with Gasteiger partial charge in [0.05, 0.1) is 12.1 Å². The van der Waals surface area contributed by atoms with Gasteiger partial charge in [0, 0.05) is 24.5 Å². The molecule has 4 heterocycles. The lowest BCUT2D eigenvalue weighted by Gasteiger charge is -2.17. The lowest BCUT2D eigenvalue weighted by atomic mass is 10.1. The Labute approximate surface area is 200 Å². The second-order valence-electron chi connectivity index (χ2n) is 8.28. The van der Waals surface area contributed by atoms with Gasteiger partial charge in [-0.25, -0.2) is 9.97 Å². The van der Waals surface area contributed by atoms with Crippen LogP contribution < -0.4 is 21.9 Å². The van der Waals surface area contributed by atoms with Crippen LogP contribution in [-0.2, 0) is 11.3 Å². The molecule has 0 fully saturated rings. The number of fused-ring (bicyclic) bond motifs is 1. The van der Waals surface area contributed by atoms with E-state index in [0.717, 1.165) is 36.0 Å². The Kier molecular flexibility index (Phi) is 5.81. The van der Waals surface area contributed by atoms with Gasteiger partial charge in [0.15, 0.2) is 11.4 Å². The van der Waals surface area contributed by atoms with Crippen LogP contribution in [0.2, 0.25) is 0 Å². The van der Waals surface area contributed by atoms with Crippen LogP contribution >= 0.6 is 0 Å². The van der Waals surface area contributed by atoms with Crippen molar-refractivity contribution in [1.82, 2.24) is 19.5 Å². The van der Waals surface area contributed by atoms with E-state index >= 15 is 0 Å². The number of rotatable bonds is 6. The SMILES string of the molecule is CC[C@@H](N=CC(=CN)c1cc2c3c(c1)nc(-c1ccc4oc(N)nc4n1)n3CCCCO2)C(N)=O. The first kappa shape index (κ1) is 22.4. The molecule has 11 heteroatoms. The highest BCUT2D eigenvalue weighted by Gasteiger charge is 2.21. The number of ether oxygens (including phenoxy) is 1. The van der Waals surface area contributed by atoms with Crippen LogP contribution in [-0.4, -0.2) is 44.3 Å². The quantitative estimate of drug-likeness (QED) is 0.357. The van der Waals surface area contributed by atoms with Crippen molar-refractivity contribution in [3.05, 3.63) is 36.0 Å². The number of anilines is 1. The van der Waals surface area contributed by atoms with Crippen LogP contribution in [0.4, 0.5) is 6.01 Å². The predicted molar refractivity (Wildman–Crippen MR) is 134 cm³/mol. The van der Waals surface area contributed by atoms with E-state index in [-0.39, 0.29) is 6.01 Å². The second kappa shape index (κ2) is 9.09. The van der Waals surface area contributed by atoms with Gasteiger partial charge in [0.1, 0.15) is 23.0 Å².